The summed E-state index contributed by atoms with van der Waals surface area (Å²) in [6.45, 7) is 8.23. The van der Waals surface area contributed by atoms with Crippen LogP contribution in [0.1, 0.15) is 36.8 Å². The Balaban J connectivity index is 1.61. The molecule has 0 radical (unpaired) electrons. The molecule has 35 heavy (non-hydrogen) atoms. The first-order chi connectivity index (χ1) is 16.6. The maximum Gasteiger partial charge on any atom is 0.238 e. The maximum absolute atomic E-state index is 13.8. The molecule has 1 aliphatic heterocycles. The fraction of sp³-hybridized carbons (Fsp3) is 0.346. The Morgan fingerprint density at radius 2 is 1.91 bits per heavy atom. The SMILES string of the molecule is C=CC(c1cc2cc(Cl)ccc2[nH]1)S(=O)(=O)N1CC(=O)N(Cc2ccc(O)cc2)C(CC(C)C)C1. The van der Waals surface area contributed by atoms with Gasteiger partial charge in [0, 0.05) is 40.8 Å². The van der Waals surface area contributed by atoms with Gasteiger partial charge in [-0.25, -0.2) is 8.42 Å². The second-order valence-corrected chi connectivity index (χ2v) is 11.9. The van der Waals surface area contributed by atoms with E-state index in [1.54, 1.807) is 53.4 Å². The third kappa shape index (κ3) is 5.39. The number of hydrogen-bond donors (Lipinski definition) is 2. The lowest BCUT2D eigenvalue weighted by Crippen LogP contribution is -2.58. The highest BCUT2D eigenvalue weighted by molar-refractivity contribution is 7.89. The lowest BCUT2D eigenvalue weighted by atomic mass is 10.00. The van der Waals surface area contributed by atoms with Gasteiger partial charge < -0.3 is 15.0 Å². The molecule has 9 heteroatoms. The van der Waals surface area contributed by atoms with E-state index in [2.05, 4.69) is 25.4 Å². The summed E-state index contributed by atoms with van der Waals surface area (Å²) in [4.78, 5) is 18.2. The van der Waals surface area contributed by atoms with Gasteiger partial charge >= 0.3 is 0 Å². The number of piperazine rings is 1. The van der Waals surface area contributed by atoms with Crippen molar-refractivity contribution >= 4 is 38.4 Å². The number of phenols is 1. The van der Waals surface area contributed by atoms with E-state index in [0.29, 0.717) is 23.7 Å². The number of phenolic OH excluding ortho intramolecular Hbond substituents is 1. The van der Waals surface area contributed by atoms with Crippen LogP contribution in [0.25, 0.3) is 10.9 Å². The average molecular weight is 516 g/mol. The van der Waals surface area contributed by atoms with E-state index in [9.17, 15) is 18.3 Å². The minimum absolute atomic E-state index is 0.157. The van der Waals surface area contributed by atoms with Crippen LogP contribution in [-0.2, 0) is 21.4 Å². The average Bonchev–Trinajstić information content (AvgIpc) is 3.19. The molecule has 186 valence electrons. The molecule has 2 heterocycles. The molecule has 1 aliphatic rings. The van der Waals surface area contributed by atoms with Gasteiger partial charge in [-0.05, 0) is 54.3 Å². The van der Waals surface area contributed by atoms with Crippen LogP contribution in [-0.4, -0.2) is 52.8 Å². The normalized spacial score (nSPS) is 18.3. The molecule has 2 N–H and O–H groups in total. The lowest BCUT2D eigenvalue weighted by molar-refractivity contribution is -0.138. The number of benzene rings is 2. The zero-order valence-corrected chi connectivity index (χ0v) is 21.4. The highest BCUT2D eigenvalue weighted by Crippen LogP contribution is 2.32. The Labute approximate surface area is 211 Å². The van der Waals surface area contributed by atoms with Crippen molar-refractivity contribution in [2.75, 3.05) is 13.1 Å². The van der Waals surface area contributed by atoms with E-state index in [-0.39, 0.29) is 36.7 Å². The number of aromatic amines is 1. The number of amides is 1. The van der Waals surface area contributed by atoms with Crippen LogP contribution < -0.4 is 0 Å². The number of aromatic hydroxyl groups is 1. The molecule has 0 spiro atoms. The van der Waals surface area contributed by atoms with Crippen LogP contribution in [0.5, 0.6) is 5.75 Å². The zero-order valence-electron chi connectivity index (χ0n) is 19.8. The summed E-state index contributed by atoms with van der Waals surface area (Å²) < 4.78 is 28.8. The largest absolute Gasteiger partial charge is 0.508 e. The molecule has 1 aromatic heterocycles. The highest BCUT2D eigenvalue weighted by Gasteiger charge is 2.41. The van der Waals surface area contributed by atoms with Crippen LogP contribution in [0, 0.1) is 5.92 Å². The van der Waals surface area contributed by atoms with Crippen LogP contribution in [0.3, 0.4) is 0 Å². The molecule has 7 nitrogen and oxygen atoms in total. The fourth-order valence-corrected chi connectivity index (χ4v) is 6.51. The molecule has 3 aromatic rings. The fourth-order valence-electron chi connectivity index (χ4n) is 4.65. The summed E-state index contributed by atoms with van der Waals surface area (Å²) in [6, 6.07) is 13.5. The number of rotatable bonds is 8. The number of carbonyl (C=O) groups excluding carboxylic acids is 1. The topological polar surface area (TPSA) is 93.7 Å². The first-order valence-electron chi connectivity index (χ1n) is 11.6. The molecular weight excluding hydrogens is 486 g/mol. The molecule has 0 aliphatic carbocycles. The smallest absolute Gasteiger partial charge is 0.238 e. The minimum atomic E-state index is -3.92. The quantitative estimate of drug-likeness (QED) is 0.420. The van der Waals surface area contributed by atoms with Crippen molar-refractivity contribution in [1.82, 2.24) is 14.2 Å². The molecule has 1 fully saturated rings. The number of hydrogen-bond acceptors (Lipinski definition) is 4. The van der Waals surface area contributed by atoms with Crippen molar-refractivity contribution in [1.29, 1.82) is 0 Å². The van der Waals surface area contributed by atoms with Crippen molar-refractivity contribution < 1.29 is 18.3 Å². The van der Waals surface area contributed by atoms with E-state index in [1.165, 1.54) is 10.4 Å². The van der Waals surface area contributed by atoms with Gasteiger partial charge in [0.25, 0.3) is 0 Å². The van der Waals surface area contributed by atoms with Crippen molar-refractivity contribution in [2.24, 2.45) is 5.92 Å². The van der Waals surface area contributed by atoms with E-state index >= 15 is 0 Å². The standard InChI is InChI=1S/C26H30ClN3O4S/c1-4-25(24-13-19-12-20(27)7-10-23(19)28-24)35(33,34)29-15-21(11-17(2)3)30(26(32)16-29)14-18-5-8-22(31)9-6-18/h4-10,12-13,17,21,25,28,31H,1,11,14-16H2,2-3H3. The Morgan fingerprint density at radius 3 is 2.57 bits per heavy atom. The summed E-state index contributed by atoms with van der Waals surface area (Å²) >= 11 is 6.09. The first kappa shape index (κ1) is 25.3. The maximum atomic E-state index is 13.8. The molecule has 1 amide bonds. The summed E-state index contributed by atoms with van der Waals surface area (Å²) in [5.41, 5.74) is 2.14. The molecule has 1 saturated heterocycles. The Morgan fingerprint density at radius 1 is 1.20 bits per heavy atom. The summed E-state index contributed by atoms with van der Waals surface area (Å²) in [5.74, 6) is 0.181. The second kappa shape index (κ2) is 10.0. The number of H-pyrrole nitrogens is 1. The number of sulfonamides is 1. The zero-order chi connectivity index (χ0) is 25.3. The predicted octanol–water partition coefficient (Wildman–Crippen LogP) is 4.84. The van der Waals surface area contributed by atoms with Crippen LogP contribution in [0.15, 0.2) is 61.2 Å². The Kier molecular flexibility index (Phi) is 7.26. The molecule has 2 atom stereocenters. The number of nitrogens with one attached hydrogen (secondary N) is 1. The van der Waals surface area contributed by atoms with E-state index in [4.69, 9.17) is 11.6 Å². The van der Waals surface area contributed by atoms with Crippen LogP contribution in [0.4, 0.5) is 0 Å². The number of aromatic nitrogens is 1. The monoisotopic (exact) mass is 515 g/mol. The second-order valence-electron chi connectivity index (χ2n) is 9.42. The highest BCUT2D eigenvalue weighted by atomic mass is 35.5. The van der Waals surface area contributed by atoms with Gasteiger partial charge in [0.1, 0.15) is 11.0 Å². The molecule has 4 rings (SSSR count). The summed E-state index contributed by atoms with van der Waals surface area (Å²) in [6.07, 6.45) is 2.06. The lowest BCUT2D eigenvalue weighted by Gasteiger charge is -2.42. The summed E-state index contributed by atoms with van der Waals surface area (Å²) in [7, 11) is -3.92. The third-order valence-corrected chi connectivity index (χ3v) is 8.65. The predicted molar refractivity (Wildman–Crippen MR) is 139 cm³/mol. The van der Waals surface area contributed by atoms with Gasteiger partial charge in [0.05, 0.1) is 6.54 Å². The van der Waals surface area contributed by atoms with Gasteiger partial charge in [-0.15, -0.1) is 6.58 Å². The van der Waals surface area contributed by atoms with Gasteiger partial charge in [0.2, 0.25) is 15.9 Å². The van der Waals surface area contributed by atoms with E-state index in [1.807, 2.05) is 0 Å². The Bertz CT molecular complexity index is 1330. The van der Waals surface area contributed by atoms with E-state index < -0.39 is 15.3 Å². The molecule has 2 unspecified atom stereocenters. The number of halogens is 1. The molecule has 0 saturated carbocycles. The van der Waals surface area contributed by atoms with Gasteiger partial charge in [-0.3, -0.25) is 4.79 Å². The van der Waals surface area contributed by atoms with Gasteiger partial charge in [-0.2, -0.15) is 4.31 Å². The van der Waals surface area contributed by atoms with E-state index in [0.717, 1.165) is 16.5 Å². The number of nitrogens with zero attached hydrogens (tertiary/aromatic N) is 2. The molecular formula is C26H30ClN3O4S. The minimum Gasteiger partial charge on any atom is -0.508 e. The first-order valence-corrected chi connectivity index (χ1v) is 13.4. The number of carbonyl (C=O) groups is 1. The van der Waals surface area contributed by atoms with Crippen LogP contribution >= 0.6 is 11.6 Å². The van der Waals surface area contributed by atoms with Crippen molar-refractivity contribution in [3.05, 3.63) is 77.5 Å². The third-order valence-electron chi connectivity index (χ3n) is 6.32. The van der Waals surface area contributed by atoms with Gasteiger partial charge in [0.15, 0.2) is 0 Å². The van der Waals surface area contributed by atoms with Gasteiger partial charge in [-0.1, -0.05) is 43.7 Å². The van der Waals surface area contributed by atoms with Crippen LogP contribution in [0.2, 0.25) is 5.02 Å². The van der Waals surface area contributed by atoms with Crippen molar-refractivity contribution in [3.8, 4) is 5.75 Å². The summed E-state index contributed by atoms with van der Waals surface area (Å²) in [5, 5.41) is 9.91. The van der Waals surface area contributed by atoms with Crippen molar-refractivity contribution in [3.63, 3.8) is 0 Å². The van der Waals surface area contributed by atoms with Crippen molar-refractivity contribution in [2.45, 2.75) is 38.1 Å². The Hall–Kier alpha value is -2.81. The number of fused-ring (bicyclic) bond motifs is 1. The molecule has 2 aromatic carbocycles. The molecule has 0 bridgehead atoms.